The van der Waals surface area contributed by atoms with Crippen LogP contribution in [0.1, 0.15) is 0 Å². The molecule has 0 radical (unpaired) electrons. The number of carbonyl (C=O) groups excluding carboxylic acids is 1. The van der Waals surface area contributed by atoms with E-state index in [4.69, 9.17) is 16.3 Å². The van der Waals surface area contributed by atoms with Crippen LogP contribution in [0.4, 0.5) is 0 Å². The van der Waals surface area contributed by atoms with E-state index in [0.29, 0.717) is 23.4 Å². The van der Waals surface area contributed by atoms with Crippen LogP contribution < -0.4 is 5.32 Å². The molecule has 0 aromatic heterocycles. The van der Waals surface area contributed by atoms with Crippen molar-refractivity contribution in [1.82, 2.24) is 5.32 Å². The maximum atomic E-state index is 11.5. The van der Waals surface area contributed by atoms with E-state index in [9.17, 15) is 4.79 Å². The molecule has 2 atom stereocenters. The van der Waals surface area contributed by atoms with Crippen LogP contribution in [0.15, 0.2) is 11.6 Å². The second kappa shape index (κ2) is 3.31. The van der Waals surface area contributed by atoms with Crippen molar-refractivity contribution >= 4 is 17.5 Å². The molecule has 2 fully saturated rings. The van der Waals surface area contributed by atoms with Crippen LogP contribution in [0.2, 0.25) is 0 Å². The minimum atomic E-state index is 0.0973. The zero-order chi connectivity index (χ0) is 9.42. The van der Waals surface area contributed by atoms with Crippen LogP contribution in [0.25, 0.3) is 0 Å². The molecule has 0 bridgehead atoms. The molecule has 0 spiro atoms. The third-order valence-electron chi connectivity index (χ3n) is 2.71. The van der Waals surface area contributed by atoms with Gasteiger partial charge in [-0.1, -0.05) is 18.2 Å². The Labute approximate surface area is 82.1 Å². The van der Waals surface area contributed by atoms with Crippen LogP contribution in [-0.4, -0.2) is 25.7 Å². The lowest BCUT2D eigenvalue weighted by atomic mass is 10.3. The minimum absolute atomic E-state index is 0.0973. The minimum Gasteiger partial charge on any atom is -0.381 e. The van der Waals surface area contributed by atoms with Crippen molar-refractivity contribution in [3.05, 3.63) is 11.6 Å². The van der Waals surface area contributed by atoms with Gasteiger partial charge in [0.2, 0.25) is 5.91 Å². The molecular formula is C9H12ClNO2. The standard InChI is InChI=1S/C9H12ClNO2/c1-5(10)2-11-9(12)8-6-3-13-4-7(6)8/h6-8H,1-4H2,(H,11,12). The number of amides is 1. The molecule has 1 saturated carbocycles. The Kier molecular flexibility index (Phi) is 2.30. The van der Waals surface area contributed by atoms with E-state index in [1.165, 1.54) is 0 Å². The lowest BCUT2D eigenvalue weighted by Gasteiger charge is -2.05. The van der Waals surface area contributed by atoms with E-state index in [1.807, 2.05) is 0 Å². The fourth-order valence-electron chi connectivity index (χ4n) is 1.93. The van der Waals surface area contributed by atoms with Gasteiger partial charge in [0.15, 0.2) is 0 Å². The topological polar surface area (TPSA) is 38.3 Å². The van der Waals surface area contributed by atoms with E-state index in [0.717, 1.165) is 13.2 Å². The van der Waals surface area contributed by atoms with Gasteiger partial charge in [0.05, 0.1) is 19.8 Å². The largest absolute Gasteiger partial charge is 0.381 e. The lowest BCUT2D eigenvalue weighted by molar-refractivity contribution is -0.123. The molecule has 1 N–H and O–H groups in total. The first-order chi connectivity index (χ1) is 6.20. The molecule has 2 aliphatic rings. The normalized spacial score (nSPS) is 35.3. The molecule has 2 unspecified atom stereocenters. The second-order valence-corrected chi connectivity index (χ2v) is 4.16. The van der Waals surface area contributed by atoms with E-state index >= 15 is 0 Å². The van der Waals surface area contributed by atoms with E-state index in [2.05, 4.69) is 11.9 Å². The second-order valence-electron chi connectivity index (χ2n) is 3.63. The predicted molar refractivity (Wildman–Crippen MR) is 49.3 cm³/mol. The summed E-state index contributed by atoms with van der Waals surface area (Å²) in [6.07, 6.45) is 0. The number of nitrogens with one attached hydrogen (secondary N) is 1. The predicted octanol–water partition coefficient (Wildman–Crippen LogP) is 0.748. The van der Waals surface area contributed by atoms with E-state index < -0.39 is 0 Å². The molecule has 4 heteroatoms. The van der Waals surface area contributed by atoms with Crippen molar-refractivity contribution in [2.24, 2.45) is 17.8 Å². The molecule has 13 heavy (non-hydrogen) atoms. The van der Waals surface area contributed by atoms with Gasteiger partial charge in [0.1, 0.15) is 0 Å². The highest BCUT2D eigenvalue weighted by atomic mass is 35.5. The summed E-state index contributed by atoms with van der Waals surface area (Å²) in [6, 6.07) is 0. The van der Waals surface area contributed by atoms with Crippen LogP contribution in [0.5, 0.6) is 0 Å². The quantitative estimate of drug-likeness (QED) is 0.732. The molecule has 0 aromatic rings. The summed E-state index contributed by atoms with van der Waals surface area (Å²) in [5.74, 6) is 1.19. The first-order valence-electron chi connectivity index (χ1n) is 4.39. The molecule has 1 amide bonds. The first-order valence-corrected chi connectivity index (χ1v) is 4.76. The maximum Gasteiger partial charge on any atom is 0.224 e. The number of halogens is 1. The fourth-order valence-corrected chi connectivity index (χ4v) is 2.00. The van der Waals surface area contributed by atoms with Gasteiger partial charge in [-0.25, -0.2) is 0 Å². The average molecular weight is 202 g/mol. The zero-order valence-corrected chi connectivity index (χ0v) is 8.01. The molecule has 72 valence electrons. The Morgan fingerprint density at radius 3 is 2.69 bits per heavy atom. The first kappa shape index (κ1) is 9.03. The van der Waals surface area contributed by atoms with Gasteiger partial charge in [-0.05, 0) is 11.8 Å². The van der Waals surface area contributed by atoms with Crippen LogP contribution in [-0.2, 0) is 9.53 Å². The third-order valence-corrected chi connectivity index (χ3v) is 2.84. The van der Waals surface area contributed by atoms with Gasteiger partial charge in [0, 0.05) is 11.0 Å². The van der Waals surface area contributed by atoms with Gasteiger partial charge in [-0.2, -0.15) is 0 Å². The molecule has 0 aromatic carbocycles. The van der Waals surface area contributed by atoms with Crippen LogP contribution >= 0.6 is 11.6 Å². The van der Waals surface area contributed by atoms with Gasteiger partial charge >= 0.3 is 0 Å². The lowest BCUT2D eigenvalue weighted by Crippen LogP contribution is -2.28. The highest BCUT2D eigenvalue weighted by molar-refractivity contribution is 6.29. The summed E-state index contributed by atoms with van der Waals surface area (Å²) in [4.78, 5) is 11.5. The molecular weight excluding hydrogens is 190 g/mol. The summed E-state index contributed by atoms with van der Waals surface area (Å²) in [5.41, 5.74) is 0. The van der Waals surface area contributed by atoms with Crippen molar-refractivity contribution in [3.63, 3.8) is 0 Å². The summed E-state index contributed by atoms with van der Waals surface area (Å²) in [6.45, 7) is 5.36. The number of ether oxygens (including phenoxy) is 1. The fraction of sp³-hybridized carbons (Fsp3) is 0.667. The molecule has 1 aliphatic heterocycles. The Bertz CT molecular complexity index is 244. The Morgan fingerprint density at radius 1 is 1.54 bits per heavy atom. The molecule has 1 aliphatic carbocycles. The maximum absolute atomic E-state index is 11.5. The number of carbonyl (C=O) groups is 1. The number of fused-ring (bicyclic) bond motifs is 1. The highest BCUT2D eigenvalue weighted by Crippen LogP contribution is 2.50. The summed E-state index contributed by atoms with van der Waals surface area (Å²) < 4.78 is 5.19. The summed E-state index contributed by atoms with van der Waals surface area (Å²) in [5, 5.41) is 3.21. The van der Waals surface area contributed by atoms with Crippen molar-refractivity contribution in [3.8, 4) is 0 Å². The van der Waals surface area contributed by atoms with Crippen molar-refractivity contribution in [2.75, 3.05) is 19.8 Å². The highest BCUT2D eigenvalue weighted by Gasteiger charge is 2.57. The Morgan fingerprint density at radius 2 is 2.15 bits per heavy atom. The Balaban J connectivity index is 1.77. The summed E-state index contributed by atoms with van der Waals surface area (Å²) >= 11 is 5.53. The van der Waals surface area contributed by atoms with E-state index in [1.54, 1.807) is 0 Å². The van der Waals surface area contributed by atoms with Crippen LogP contribution in [0.3, 0.4) is 0 Å². The number of hydrogen-bond donors (Lipinski definition) is 1. The molecule has 1 heterocycles. The van der Waals surface area contributed by atoms with Crippen molar-refractivity contribution < 1.29 is 9.53 Å². The van der Waals surface area contributed by atoms with Gasteiger partial charge < -0.3 is 10.1 Å². The molecule has 1 saturated heterocycles. The van der Waals surface area contributed by atoms with Crippen molar-refractivity contribution in [1.29, 1.82) is 0 Å². The number of rotatable bonds is 3. The molecule has 2 rings (SSSR count). The Hall–Kier alpha value is -0.540. The van der Waals surface area contributed by atoms with Gasteiger partial charge in [-0.3, -0.25) is 4.79 Å². The number of hydrogen-bond acceptors (Lipinski definition) is 2. The zero-order valence-electron chi connectivity index (χ0n) is 7.25. The van der Waals surface area contributed by atoms with Crippen LogP contribution in [0, 0.1) is 17.8 Å². The third kappa shape index (κ3) is 1.71. The van der Waals surface area contributed by atoms with Gasteiger partial charge in [0.25, 0.3) is 0 Å². The summed E-state index contributed by atoms with van der Waals surface area (Å²) in [7, 11) is 0. The average Bonchev–Trinajstić information content (AvgIpc) is 2.56. The monoisotopic (exact) mass is 201 g/mol. The smallest absolute Gasteiger partial charge is 0.224 e. The van der Waals surface area contributed by atoms with Gasteiger partial charge in [-0.15, -0.1) is 0 Å². The van der Waals surface area contributed by atoms with E-state index in [-0.39, 0.29) is 11.8 Å². The SMILES string of the molecule is C=C(Cl)CNC(=O)C1C2COCC21. The van der Waals surface area contributed by atoms with Crippen molar-refractivity contribution in [2.45, 2.75) is 0 Å². The molecule has 3 nitrogen and oxygen atoms in total.